The van der Waals surface area contributed by atoms with Crippen molar-refractivity contribution in [2.45, 2.75) is 39.9 Å². The van der Waals surface area contributed by atoms with Crippen LogP contribution in [0.1, 0.15) is 37.0 Å². The second-order valence-corrected chi connectivity index (χ2v) is 6.82. The molecule has 2 rings (SSSR count). The lowest BCUT2D eigenvalue weighted by molar-refractivity contribution is -0.118. The summed E-state index contributed by atoms with van der Waals surface area (Å²) in [6.07, 6.45) is 1.18. The average molecular weight is 329 g/mol. The molecule has 0 saturated heterocycles. The molecule has 2 N–H and O–H groups in total. The number of benzene rings is 1. The van der Waals surface area contributed by atoms with Crippen molar-refractivity contribution in [3.05, 3.63) is 34.9 Å². The van der Waals surface area contributed by atoms with Crippen molar-refractivity contribution in [2.24, 2.45) is 5.92 Å². The SMILES string of the molecule is CC(C)CCSCC(=O)NCc1ccc2c(c1)CNC2.Cl. The van der Waals surface area contributed by atoms with Gasteiger partial charge in [0, 0.05) is 19.6 Å². The molecule has 1 aromatic rings. The maximum atomic E-state index is 11.8. The van der Waals surface area contributed by atoms with E-state index in [4.69, 9.17) is 0 Å². The Morgan fingerprint density at radius 2 is 2.10 bits per heavy atom. The molecule has 118 valence electrons. The number of amides is 1. The van der Waals surface area contributed by atoms with Gasteiger partial charge in [-0.3, -0.25) is 4.79 Å². The fourth-order valence-electron chi connectivity index (χ4n) is 2.19. The van der Waals surface area contributed by atoms with E-state index in [0.717, 1.165) is 18.8 Å². The third-order valence-corrected chi connectivity index (χ3v) is 4.45. The first-order valence-electron chi connectivity index (χ1n) is 7.31. The van der Waals surface area contributed by atoms with Gasteiger partial charge in [-0.25, -0.2) is 0 Å². The van der Waals surface area contributed by atoms with Crippen molar-refractivity contribution in [3.8, 4) is 0 Å². The number of thioether (sulfide) groups is 1. The predicted octanol–water partition coefficient (Wildman–Crippen LogP) is 3.11. The summed E-state index contributed by atoms with van der Waals surface area (Å²) >= 11 is 1.72. The van der Waals surface area contributed by atoms with Gasteiger partial charge in [-0.1, -0.05) is 32.0 Å². The number of fused-ring (bicyclic) bond motifs is 1. The van der Waals surface area contributed by atoms with Crippen LogP contribution in [0, 0.1) is 5.92 Å². The number of carbonyl (C=O) groups excluding carboxylic acids is 1. The Labute approximate surface area is 138 Å². The van der Waals surface area contributed by atoms with E-state index >= 15 is 0 Å². The summed E-state index contributed by atoms with van der Waals surface area (Å²) in [6.45, 7) is 6.97. The number of rotatable bonds is 7. The Balaban J connectivity index is 0.00000220. The van der Waals surface area contributed by atoms with Crippen LogP contribution >= 0.6 is 24.2 Å². The van der Waals surface area contributed by atoms with Crippen molar-refractivity contribution in [1.82, 2.24) is 10.6 Å². The van der Waals surface area contributed by atoms with Gasteiger partial charge in [-0.05, 0) is 34.8 Å². The van der Waals surface area contributed by atoms with E-state index in [-0.39, 0.29) is 18.3 Å². The number of hydrogen-bond donors (Lipinski definition) is 2. The molecule has 0 aliphatic carbocycles. The lowest BCUT2D eigenvalue weighted by atomic mass is 10.1. The quantitative estimate of drug-likeness (QED) is 0.756. The molecular formula is C16H25ClN2OS. The van der Waals surface area contributed by atoms with Gasteiger partial charge in [0.15, 0.2) is 0 Å². The van der Waals surface area contributed by atoms with Gasteiger partial charge < -0.3 is 10.6 Å². The van der Waals surface area contributed by atoms with E-state index in [2.05, 4.69) is 42.7 Å². The summed E-state index contributed by atoms with van der Waals surface area (Å²) < 4.78 is 0. The van der Waals surface area contributed by atoms with E-state index < -0.39 is 0 Å². The van der Waals surface area contributed by atoms with Crippen molar-refractivity contribution in [1.29, 1.82) is 0 Å². The molecule has 1 aliphatic rings. The van der Waals surface area contributed by atoms with Crippen LogP contribution in [0.25, 0.3) is 0 Å². The van der Waals surface area contributed by atoms with Gasteiger partial charge >= 0.3 is 0 Å². The van der Waals surface area contributed by atoms with Crippen LogP contribution < -0.4 is 10.6 Å². The Morgan fingerprint density at radius 3 is 2.86 bits per heavy atom. The molecular weight excluding hydrogens is 304 g/mol. The highest BCUT2D eigenvalue weighted by atomic mass is 35.5. The second-order valence-electron chi connectivity index (χ2n) is 5.72. The third kappa shape index (κ3) is 6.29. The van der Waals surface area contributed by atoms with E-state index in [9.17, 15) is 4.79 Å². The smallest absolute Gasteiger partial charge is 0.230 e. The molecule has 0 bridgehead atoms. The molecule has 1 amide bonds. The molecule has 0 saturated carbocycles. The highest BCUT2D eigenvalue weighted by Gasteiger charge is 2.10. The van der Waals surface area contributed by atoms with Crippen LogP contribution in [-0.2, 0) is 24.4 Å². The maximum Gasteiger partial charge on any atom is 0.230 e. The summed E-state index contributed by atoms with van der Waals surface area (Å²) in [6, 6.07) is 6.47. The topological polar surface area (TPSA) is 41.1 Å². The Bertz CT molecular complexity index is 466. The monoisotopic (exact) mass is 328 g/mol. The first-order valence-corrected chi connectivity index (χ1v) is 8.46. The highest BCUT2D eigenvalue weighted by molar-refractivity contribution is 7.99. The molecule has 0 atom stereocenters. The Hall–Kier alpha value is -0.710. The van der Waals surface area contributed by atoms with E-state index in [1.54, 1.807) is 11.8 Å². The molecule has 0 radical (unpaired) electrons. The summed E-state index contributed by atoms with van der Waals surface area (Å²) in [4.78, 5) is 11.8. The van der Waals surface area contributed by atoms with Crippen LogP contribution in [0.5, 0.6) is 0 Å². The number of carbonyl (C=O) groups is 1. The number of halogens is 1. The molecule has 1 heterocycles. The number of hydrogen-bond acceptors (Lipinski definition) is 3. The fraction of sp³-hybridized carbons (Fsp3) is 0.562. The molecule has 1 aliphatic heterocycles. The Morgan fingerprint density at radius 1 is 1.33 bits per heavy atom. The Kier molecular flexibility index (Phi) is 8.15. The average Bonchev–Trinajstić information content (AvgIpc) is 2.88. The summed E-state index contributed by atoms with van der Waals surface area (Å²) in [7, 11) is 0. The largest absolute Gasteiger partial charge is 0.351 e. The lowest BCUT2D eigenvalue weighted by Crippen LogP contribution is -2.24. The van der Waals surface area contributed by atoms with Gasteiger partial charge in [-0.2, -0.15) is 11.8 Å². The second kappa shape index (κ2) is 9.34. The van der Waals surface area contributed by atoms with E-state index in [0.29, 0.717) is 18.2 Å². The minimum atomic E-state index is 0. The fourth-order valence-corrected chi connectivity index (χ4v) is 3.26. The van der Waals surface area contributed by atoms with E-state index in [1.165, 1.54) is 23.1 Å². The molecule has 5 heteroatoms. The van der Waals surface area contributed by atoms with Crippen LogP contribution in [0.2, 0.25) is 0 Å². The van der Waals surface area contributed by atoms with Gasteiger partial charge in [-0.15, -0.1) is 12.4 Å². The summed E-state index contributed by atoms with van der Waals surface area (Å²) in [5, 5.41) is 6.33. The van der Waals surface area contributed by atoms with Crippen molar-refractivity contribution < 1.29 is 4.79 Å². The molecule has 1 aromatic carbocycles. The molecule has 0 unspecified atom stereocenters. The molecule has 0 aromatic heterocycles. The van der Waals surface area contributed by atoms with Gasteiger partial charge in [0.1, 0.15) is 0 Å². The molecule has 0 fully saturated rings. The molecule has 21 heavy (non-hydrogen) atoms. The first-order chi connectivity index (χ1) is 9.65. The molecule has 0 spiro atoms. The van der Waals surface area contributed by atoms with Crippen molar-refractivity contribution in [2.75, 3.05) is 11.5 Å². The third-order valence-electron chi connectivity index (χ3n) is 3.46. The van der Waals surface area contributed by atoms with Crippen LogP contribution in [-0.4, -0.2) is 17.4 Å². The van der Waals surface area contributed by atoms with Crippen molar-refractivity contribution >= 4 is 30.1 Å². The standard InChI is InChI=1S/C16H24N2OS.ClH/c1-12(2)5-6-20-11-16(19)18-8-13-3-4-14-9-17-10-15(14)7-13;/h3-4,7,12,17H,5-6,8-11H2,1-2H3,(H,18,19);1H. The number of nitrogens with one attached hydrogen (secondary N) is 2. The van der Waals surface area contributed by atoms with Crippen molar-refractivity contribution in [3.63, 3.8) is 0 Å². The van der Waals surface area contributed by atoms with Crippen LogP contribution in [0.15, 0.2) is 18.2 Å². The minimum absolute atomic E-state index is 0. The van der Waals surface area contributed by atoms with E-state index in [1.807, 2.05) is 0 Å². The maximum absolute atomic E-state index is 11.8. The lowest BCUT2D eigenvalue weighted by Gasteiger charge is -2.08. The zero-order valence-electron chi connectivity index (χ0n) is 12.8. The zero-order valence-corrected chi connectivity index (χ0v) is 14.4. The normalized spacial score (nSPS) is 12.9. The van der Waals surface area contributed by atoms with Crippen LogP contribution in [0.4, 0.5) is 0 Å². The summed E-state index contributed by atoms with van der Waals surface area (Å²) in [5.41, 5.74) is 3.93. The van der Waals surface area contributed by atoms with Gasteiger partial charge in [0.05, 0.1) is 5.75 Å². The highest BCUT2D eigenvalue weighted by Crippen LogP contribution is 2.17. The predicted molar refractivity (Wildman–Crippen MR) is 92.9 cm³/mol. The zero-order chi connectivity index (χ0) is 14.4. The molecule has 3 nitrogen and oxygen atoms in total. The van der Waals surface area contributed by atoms with Gasteiger partial charge in [0.25, 0.3) is 0 Å². The van der Waals surface area contributed by atoms with Crippen LogP contribution in [0.3, 0.4) is 0 Å². The first kappa shape index (κ1) is 18.3. The van der Waals surface area contributed by atoms with Gasteiger partial charge in [0.2, 0.25) is 5.91 Å². The summed E-state index contributed by atoms with van der Waals surface area (Å²) in [5.74, 6) is 2.48. The minimum Gasteiger partial charge on any atom is -0.351 e.